The first-order chi connectivity index (χ1) is 8.45. The van der Waals surface area contributed by atoms with Gasteiger partial charge in [-0.25, -0.2) is 4.68 Å². The van der Waals surface area contributed by atoms with Crippen LogP contribution in [0.3, 0.4) is 0 Å². The van der Waals surface area contributed by atoms with Gasteiger partial charge in [0.25, 0.3) is 0 Å². The Morgan fingerprint density at radius 1 is 1.33 bits per heavy atom. The van der Waals surface area contributed by atoms with Crippen molar-refractivity contribution in [2.75, 3.05) is 5.32 Å². The molecule has 0 amide bonds. The first kappa shape index (κ1) is 11.7. The Morgan fingerprint density at radius 3 is 2.67 bits per heavy atom. The predicted octanol–water partition coefficient (Wildman–Crippen LogP) is 2.81. The molecule has 1 aliphatic rings. The van der Waals surface area contributed by atoms with Crippen LogP contribution in [0.4, 0.5) is 5.82 Å². The summed E-state index contributed by atoms with van der Waals surface area (Å²) in [5.41, 5.74) is 0.654. The minimum atomic E-state index is -0.129. The average Bonchev–Trinajstić information content (AvgIpc) is 2.93. The summed E-state index contributed by atoms with van der Waals surface area (Å²) >= 11 is 6.00. The summed E-state index contributed by atoms with van der Waals surface area (Å²) in [6.07, 6.45) is 4.19. The molecule has 2 aromatic rings. The highest BCUT2D eigenvalue weighted by Crippen LogP contribution is 2.30. The number of halogens is 1. The fourth-order valence-electron chi connectivity index (χ4n) is 1.90. The Kier molecular flexibility index (Phi) is 2.48. The van der Waals surface area contributed by atoms with Gasteiger partial charge >= 0.3 is 0 Å². The number of nitrogens with one attached hydrogen (secondary N) is 1. The molecule has 0 unspecified atom stereocenters. The van der Waals surface area contributed by atoms with Crippen molar-refractivity contribution >= 4 is 28.5 Å². The van der Waals surface area contributed by atoms with E-state index in [2.05, 4.69) is 41.2 Å². The molecule has 1 saturated carbocycles. The van der Waals surface area contributed by atoms with Crippen LogP contribution in [0, 0.1) is 0 Å². The van der Waals surface area contributed by atoms with Crippen LogP contribution in [0.25, 0.3) is 11.0 Å². The average molecular weight is 266 g/mol. The minimum absolute atomic E-state index is 0.129. The molecule has 3 rings (SSSR count). The molecule has 0 aromatic carbocycles. The van der Waals surface area contributed by atoms with Gasteiger partial charge in [0.05, 0.1) is 17.1 Å². The standard InChI is InChI=1S/C12H16ClN5/c1-12(2,3)18-10-8(6-14-18)9(15-7-4-5-7)16-11(13)17-10/h6-7H,4-5H2,1-3H3,(H,15,16,17). The van der Waals surface area contributed by atoms with Crippen molar-refractivity contribution < 1.29 is 0 Å². The van der Waals surface area contributed by atoms with Crippen molar-refractivity contribution in [3.63, 3.8) is 0 Å². The zero-order valence-corrected chi connectivity index (χ0v) is 11.5. The van der Waals surface area contributed by atoms with Gasteiger partial charge in [0.15, 0.2) is 5.65 Å². The van der Waals surface area contributed by atoms with Crippen LogP contribution in [-0.2, 0) is 5.54 Å². The summed E-state index contributed by atoms with van der Waals surface area (Å²) in [5, 5.41) is 8.98. The molecular weight excluding hydrogens is 250 g/mol. The second kappa shape index (κ2) is 3.82. The van der Waals surface area contributed by atoms with Gasteiger partial charge in [-0.1, -0.05) is 0 Å². The monoisotopic (exact) mass is 265 g/mol. The molecule has 2 aromatic heterocycles. The maximum atomic E-state index is 6.00. The molecule has 5 nitrogen and oxygen atoms in total. The molecule has 2 heterocycles. The molecular formula is C12H16ClN5. The van der Waals surface area contributed by atoms with Crippen LogP contribution >= 0.6 is 11.6 Å². The first-order valence-corrected chi connectivity index (χ1v) is 6.51. The Balaban J connectivity index is 2.16. The van der Waals surface area contributed by atoms with Crippen LogP contribution in [-0.4, -0.2) is 25.8 Å². The molecule has 0 aliphatic heterocycles. The van der Waals surface area contributed by atoms with Gasteiger partial charge in [0.1, 0.15) is 5.82 Å². The molecule has 1 N–H and O–H groups in total. The number of fused-ring (bicyclic) bond motifs is 1. The lowest BCUT2D eigenvalue weighted by Gasteiger charge is -2.19. The molecule has 0 radical (unpaired) electrons. The number of aromatic nitrogens is 4. The van der Waals surface area contributed by atoms with Gasteiger partial charge < -0.3 is 5.32 Å². The summed E-state index contributed by atoms with van der Waals surface area (Å²) in [4.78, 5) is 8.57. The van der Waals surface area contributed by atoms with Gasteiger partial charge in [0.2, 0.25) is 5.28 Å². The van der Waals surface area contributed by atoms with Crippen molar-refractivity contribution in [3.05, 3.63) is 11.5 Å². The van der Waals surface area contributed by atoms with Crippen molar-refractivity contribution in [1.82, 2.24) is 19.7 Å². The van der Waals surface area contributed by atoms with Crippen LogP contribution in [0.5, 0.6) is 0 Å². The van der Waals surface area contributed by atoms with E-state index in [0.717, 1.165) is 16.9 Å². The summed E-state index contributed by atoms with van der Waals surface area (Å²) < 4.78 is 1.88. The Hall–Kier alpha value is -1.36. The van der Waals surface area contributed by atoms with Crippen LogP contribution in [0.15, 0.2) is 6.20 Å². The van der Waals surface area contributed by atoms with E-state index < -0.39 is 0 Å². The molecule has 1 aliphatic carbocycles. The molecule has 6 heteroatoms. The summed E-state index contributed by atoms with van der Waals surface area (Å²) in [5.74, 6) is 0.794. The lowest BCUT2D eigenvalue weighted by Crippen LogP contribution is -2.23. The van der Waals surface area contributed by atoms with E-state index in [0.29, 0.717) is 6.04 Å². The van der Waals surface area contributed by atoms with E-state index in [1.54, 1.807) is 0 Å². The first-order valence-electron chi connectivity index (χ1n) is 6.13. The number of hydrogen-bond donors (Lipinski definition) is 1. The normalized spacial score (nSPS) is 16.2. The molecule has 18 heavy (non-hydrogen) atoms. The van der Waals surface area contributed by atoms with Gasteiger partial charge in [-0.05, 0) is 45.2 Å². The third-order valence-electron chi connectivity index (χ3n) is 2.95. The summed E-state index contributed by atoms with van der Waals surface area (Å²) in [7, 11) is 0. The SMILES string of the molecule is CC(C)(C)n1ncc2c(NC3CC3)nc(Cl)nc21. The molecule has 1 fully saturated rings. The molecule has 0 atom stereocenters. The van der Waals surface area contributed by atoms with Crippen LogP contribution in [0.1, 0.15) is 33.6 Å². The fourth-order valence-corrected chi connectivity index (χ4v) is 2.07. The van der Waals surface area contributed by atoms with E-state index in [4.69, 9.17) is 11.6 Å². The van der Waals surface area contributed by atoms with Crippen molar-refractivity contribution in [1.29, 1.82) is 0 Å². The Morgan fingerprint density at radius 2 is 2.06 bits per heavy atom. The summed E-state index contributed by atoms with van der Waals surface area (Å²) in [6.45, 7) is 6.26. The van der Waals surface area contributed by atoms with Gasteiger partial charge in [-0.2, -0.15) is 15.1 Å². The van der Waals surface area contributed by atoms with Crippen molar-refractivity contribution in [2.24, 2.45) is 0 Å². The Bertz CT molecular complexity index is 594. The quantitative estimate of drug-likeness (QED) is 0.849. The van der Waals surface area contributed by atoms with E-state index in [1.165, 1.54) is 12.8 Å². The Labute approximate surface area is 111 Å². The van der Waals surface area contributed by atoms with E-state index in [9.17, 15) is 0 Å². The second-order valence-corrected chi connectivity index (χ2v) is 6.06. The molecule has 0 spiro atoms. The maximum absolute atomic E-state index is 6.00. The second-order valence-electron chi connectivity index (χ2n) is 5.72. The number of anilines is 1. The molecule has 0 saturated heterocycles. The third-order valence-corrected chi connectivity index (χ3v) is 3.12. The number of rotatable bonds is 2. The van der Waals surface area contributed by atoms with Crippen LogP contribution < -0.4 is 5.32 Å². The zero-order chi connectivity index (χ0) is 12.9. The van der Waals surface area contributed by atoms with Gasteiger partial charge in [-0.3, -0.25) is 0 Å². The van der Waals surface area contributed by atoms with E-state index >= 15 is 0 Å². The largest absolute Gasteiger partial charge is 0.367 e. The highest BCUT2D eigenvalue weighted by molar-refractivity contribution is 6.28. The summed E-state index contributed by atoms with van der Waals surface area (Å²) in [6, 6.07) is 0.525. The van der Waals surface area contributed by atoms with Crippen molar-refractivity contribution in [3.8, 4) is 0 Å². The number of nitrogens with zero attached hydrogens (tertiary/aromatic N) is 4. The van der Waals surface area contributed by atoms with Crippen LogP contribution in [0.2, 0.25) is 5.28 Å². The smallest absolute Gasteiger partial charge is 0.226 e. The van der Waals surface area contributed by atoms with E-state index in [1.807, 2.05) is 10.9 Å². The topological polar surface area (TPSA) is 55.6 Å². The molecule has 0 bridgehead atoms. The lowest BCUT2D eigenvalue weighted by molar-refractivity contribution is 0.366. The van der Waals surface area contributed by atoms with Crippen molar-refractivity contribution in [2.45, 2.75) is 45.2 Å². The maximum Gasteiger partial charge on any atom is 0.226 e. The van der Waals surface area contributed by atoms with Gasteiger partial charge in [0, 0.05) is 6.04 Å². The number of hydrogen-bond acceptors (Lipinski definition) is 4. The van der Waals surface area contributed by atoms with Gasteiger partial charge in [-0.15, -0.1) is 0 Å². The third kappa shape index (κ3) is 2.03. The minimum Gasteiger partial charge on any atom is -0.367 e. The molecule has 96 valence electrons. The predicted molar refractivity (Wildman–Crippen MR) is 72.0 cm³/mol. The zero-order valence-electron chi connectivity index (χ0n) is 10.7. The fraction of sp³-hybridized carbons (Fsp3) is 0.583. The lowest BCUT2D eigenvalue weighted by atomic mass is 10.1. The van der Waals surface area contributed by atoms with E-state index in [-0.39, 0.29) is 10.8 Å². The highest BCUT2D eigenvalue weighted by Gasteiger charge is 2.25. The highest BCUT2D eigenvalue weighted by atomic mass is 35.5.